The zero-order valence-corrected chi connectivity index (χ0v) is 14.5. The normalized spacial score (nSPS) is 16.1. The summed E-state index contributed by atoms with van der Waals surface area (Å²) in [5.74, 6) is -1.30. The molecule has 0 spiro atoms. The minimum atomic E-state index is -2.73. The number of benzene rings is 1. The van der Waals surface area contributed by atoms with Gasteiger partial charge in [0.15, 0.2) is 0 Å². The molecule has 0 radical (unpaired) electrons. The van der Waals surface area contributed by atoms with E-state index in [9.17, 15) is 18.0 Å². The summed E-state index contributed by atoms with van der Waals surface area (Å²) in [7, 11) is 1.86. The van der Waals surface area contributed by atoms with Crippen molar-refractivity contribution in [2.75, 3.05) is 26.2 Å². The maximum Gasteiger partial charge on any atom is 0.263 e. The van der Waals surface area contributed by atoms with E-state index in [1.54, 1.807) is 10.9 Å². The first kappa shape index (κ1) is 18.4. The molecule has 1 aliphatic heterocycles. The van der Waals surface area contributed by atoms with Crippen LogP contribution in [-0.4, -0.2) is 51.7 Å². The molecule has 2 aromatic rings. The quantitative estimate of drug-likeness (QED) is 0.836. The summed E-state index contributed by atoms with van der Waals surface area (Å²) in [5, 5.41) is 4.14. The van der Waals surface area contributed by atoms with Crippen LogP contribution in [-0.2, 0) is 13.6 Å². The van der Waals surface area contributed by atoms with E-state index >= 15 is 0 Å². The van der Waals surface area contributed by atoms with Gasteiger partial charge in [0.1, 0.15) is 5.82 Å². The molecular weight excluding hydrogens is 345 g/mol. The highest BCUT2D eigenvalue weighted by atomic mass is 19.3. The number of alkyl halides is 2. The van der Waals surface area contributed by atoms with Crippen LogP contribution in [0, 0.1) is 5.82 Å². The van der Waals surface area contributed by atoms with Crippen molar-refractivity contribution in [3.8, 4) is 0 Å². The zero-order chi connectivity index (χ0) is 18.7. The maximum atomic E-state index is 14.0. The van der Waals surface area contributed by atoms with Crippen molar-refractivity contribution in [2.45, 2.75) is 19.4 Å². The fourth-order valence-corrected chi connectivity index (χ4v) is 3.16. The van der Waals surface area contributed by atoms with Crippen LogP contribution in [0.15, 0.2) is 30.6 Å². The number of halogens is 3. The Balaban J connectivity index is 1.67. The van der Waals surface area contributed by atoms with E-state index in [-0.39, 0.29) is 11.1 Å². The number of amides is 1. The number of aromatic nitrogens is 2. The van der Waals surface area contributed by atoms with Crippen LogP contribution in [0.1, 0.15) is 34.3 Å². The van der Waals surface area contributed by atoms with Crippen LogP contribution in [0.5, 0.6) is 0 Å². The van der Waals surface area contributed by atoms with E-state index in [4.69, 9.17) is 0 Å². The number of hydrogen-bond acceptors (Lipinski definition) is 3. The molecule has 8 heteroatoms. The van der Waals surface area contributed by atoms with Gasteiger partial charge in [0.25, 0.3) is 12.3 Å². The summed E-state index contributed by atoms with van der Waals surface area (Å²) in [4.78, 5) is 16.4. The number of hydrogen-bond donors (Lipinski definition) is 0. The molecule has 0 N–H and O–H groups in total. The first-order valence-corrected chi connectivity index (χ1v) is 8.51. The second-order valence-electron chi connectivity index (χ2n) is 6.48. The van der Waals surface area contributed by atoms with Crippen molar-refractivity contribution in [2.24, 2.45) is 7.05 Å². The first-order chi connectivity index (χ1) is 12.4. The third-order valence-electron chi connectivity index (χ3n) is 4.51. The highest BCUT2D eigenvalue weighted by Gasteiger charge is 2.24. The third-order valence-corrected chi connectivity index (χ3v) is 4.51. The molecule has 1 aromatic carbocycles. The lowest BCUT2D eigenvalue weighted by Crippen LogP contribution is -2.35. The molecule has 5 nitrogen and oxygen atoms in total. The lowest BCUT2D eigenvalue weighted by atomic mass is 10.1. The van der Waals surface area contributed by atoms with Crippen molar-refractivity contribution >= 4 is 5.91 Å². The summed E-state index contributed by atoms with van der Waals surface area (Å²) >= 11 is 0. The van der Waals surface area contributed by atoms with Gasteiger partial charge in [-0.1, -0.05) is 6.07 Å². The molecular formula is C18H21F3N4O. The van der Waals surface area contributed by atoms with Crippen LogP contribution < -0.4 is 0 Å². The molecule has 1 aliphatic rings. The largest absolute Gasteiger partial charge is 0.337 e. The van der Waals surface area contributed by atoms with Gasteiger partial charge in [-0.05, 0) is 18.6 Å². The monoisotopic (exact) mass is 366 g/mol. The minimum absolute atomic E-state index is 0.288. The molecule has 2 heterocycles. The van der Waals surface area contributed by atoms with Crippen LogP contribution in [0.25, 0.3) is 0 Å². The molecule has 0 atom stereocenters. The maximum absolute atomic E-state index is 14.0. The van der Waals surface area contributed by atoms with Gasteiger partial charge in [0, 0.05) is 57.1 Å². The number of aryl methyl sites for hydroxylation is 1. The Kier molecular flexibility index (Phi) is 5.61. The fraction of sp³-hybridized carbons (Fsp3) is 0.444. The van der Waals surface area contributed by atoms with Gasteiger partial charge in [-0.3, -0.25) is 14.4 Å². The molecule has 1 saturated heterocycles. The van der Waals surface area contributed by atoms with Gasteiger partial charge in [0.2, 0.25) is 0 Å². The highest BCUT2D eigenvalue weighted by molar-refractivity contribution is 5.94. The molecule has 0 aliphatic carbocycles. The number of carbonyl (C=O) groups excluding carboxylic acids is 1. The second-order valence-corrected chi connectivity index (χ2v) is 6.48. The van der Waals surface area contributed by atoms with E-state index in [0.717, 1.165) is 43.3 Å². The van der Waals surface area contributed by atoms with Crippen molar-refractivity contribution in [3.05, 3.63) is 53.1 Å². The Morgan fingerprint density at radius 3 is 2.73 bits per heavy atom. The summed E-state index contributed by atoms with van der Waals surface area (Å²) in [6.07, 6.45) is 1.75. The predicted molar refractivity (Wildman–Crippen MR) is 90.4 cm³/mol. The van der Waals surface area contributed by atoms with Crippen LogP contribution in [0.2, 0.25) is 0 Å². The van der Waals surface area contributed by atoms with Crippen LogP contribution >= 0.6 is 0 Å². The van der Waals surface area contributed by atoms with E-state index in [1.165, 1.54) is 4.90 Å². The number of carbonyl (C=O) groups is 1. The Morgan fingerprint density at radius 1 is 1.23 bits per heavy atom. The summed E-state index contributed by atoms with van der Waals surface area (Å²) < 4.78 is 41.4. The van der Waals surface area contributed by atoms with Crippen molar-refractivity contribution in [1.82, 2.24) is 19.6 Å². The van der Waals surface area contributed by atoms with Crippen molar-refractivity contribution in [1.29, 1.82) is 0 Å². The molecule has 0 unspecified atom stereocenters. The minimum Gasteiger partial charge on any atom is -0.337 e. The third kappa shape index (κ3) is 4.24. The van der Waals surface area contributed by atoms with Gasteiger partial charge < -0.3 is 4.90 Å². The second kappa shape index (κ2) is 7.90. The van der Waals surface area contributed by atoms with Crippen molar-refractivity contribution in [3.63, 3.8) is 0 Å². The topological polar surface area (TPSA) is 41.4 Å². The molecule has 1 amide bonds. The summed E-state index contributed by atoms with van der Waals surface area (Å²) in [6, 6.07) is 2.90. The molecule has 26 heavy (non-hydrogen) atoms. The fourth-order valence-electron chi connectivity index (χ4n) is 3.16. The lowest BCUT2D eigenvalue weighted by molar-refractivity contribution is 0.0756. The summed E-state index contributed by atoms with van der Waals surface area (Å²) in [6.45, 7) is 3.07. The molecule has 0 saturated carbocycles. The molecule has 0 bridgehead atoms. The Labute approximate surface area is 150 Å². The SMILES string of the molecule is Cn1cc(CN2CCCN(C(=O)c3cc(C(F)F)ccc3F)CC2)cn1. The van der Waals surface area contributed by atoms with Gasteiger partial charge in [-0.15, -0.1) is 0 Å². The molecule has 3 rings (SSSR count). The first-order valence-electron chi connectivity index (χ1n) is 8.51. The number of rotatable bonds is 4. The molecule has 1 fully saturated rings. The van der Waals surface area contributed by atoms with Gasteiger partial charge in [0.05, 0.1) is 11.8 Å². The lowest BCUT2D eigenvalue weighted by Gasteiger charge is -2.22. The molecule has 140 valence electrons. The van der Waals surface area contributed by atoms with E-state index in [2.05, 4.69) is 10.00 Å². The average molecular weight is 366 g/mol. The Morgan fingerprint density at radius 2 is 2.04 bits per heavy atom. The van der Waals surface area contributed by atoms with Gasteiger partial charge in [-0.25, -0.2) is 13.2 Å². The summed E-state index contributed by atoms with van der Waals surface area (Å²) in [5.41, 5.74) is 0.453. The standard InChI is InChI=1S/C18H21F3N4O/c1-23-11-13(10-22-23)12-24-5-2-6-25(8-7-24)18(26)15-9-14(17(20)21)3-4-16(15)19/h3-4,9-11,17H,2,5-8,12H2,1H3. The predicted octanol–water partition coefficient (Wildman–Crippen LogP) is 2.84. The Hall–Kier alpha value is -2.35. The smallest absolute Gasteiger partial charge is 0.263 e. The van der Waals surface area contributed by atoms with E-state index in [0.29, 0.717) is 19.6 Å². The zero-order valence-electron chi connectivity index (χ0n) is 14.5. The van der Waals surface area contributed by atoms with Crippen LogP contribution in [0.3, 0.4) is 0 Å². The van der Waals surface area contributed by atoms with Crippen LogP contribution in [0.4, 0.5) is 13.2 Å². The van der Waals surface area contributed by atoms with Crippen molar-refractivity contribution < 1.29 is 18.0 Å². The molecule has 1 aromatic heterocycles. The van der Waals surface area contributed by atoms with E-state index in [1.807, 2.05) is 13.2 Å². The highest BCUT2D eigenvalue weighted by Crippen LogP contribution is 2.22. The average Bonchev–Trinajstić information content (AvgIpc) is 2.87. The van der Waals surface area contributed by atoms with E-state index < -0.39 is 18.1 Å². The van der Waals surface area contributed by atoms with Gasteiger partial charge in [-0.2, -0.15) is 5.10 Å². The number of nitrogens with zero attached hydrogens (tertiary/aromatic N) is 4. The Bertz CT molecular complexity index is 778. The van der Waals surface area contributed by atoms with Gasteiger partial charge >= 0.3 is 0 Å².